The van der Waals surface area contributed by atoms with Crippen molar-refractivity contribution in [3.05, 3.63) is 28.5 Å². The van der Waals surface area contributed by atoms with Crippen LogP contribution in [0, 0.1) is 0 Å². The van der Waals surface area contributed by atoms with E-state index in [1.54, 1.807) is 17.4 Å². The highest BCUT2D eigenvalue weighted by atomic mass is 32.1. The Morgan fingerprint density at radius 3 is 3.05 bits per heavy atom. The molecule has 3 rings (SSSR count). The molecule has 0 saturated carbocycles. The average Bonchev–Trinajstić information content (AvgIpc) is 2.94. The van der Waals surface area contributed by atoms with E-state index in [1.165, 1.54) is 0 Å². The Kier molecular flexibility index (Phi) is 4.96. The fourth-order valence-electron chi connectivity index (χ4n) is 3.37. The van der Waals surface area contributed by atoms with E-state index in [9.17, 15) is 4.79 Å². The van der Waals surface area contributed by atoms with E-state index in [4.69, 9.17) is 4.74 Å². The highest BCUT2D eigenvalue weighted by molar-refractivity contribution is 7.10. The lowest BCUT2D eigenvalue weighted by Gasteiger charge is -2.41. The molecule has 0 N–H and O–H groups in total. The zero-order valence-electron chi connectivity index (χ0n) is 13.2. The summed E-state index contributed by atoms with van der Waals surface area (Å²) in [6.45, 7) is 4.43. The first-order valence-corrected chi connectivity index (χ1v) is 8.88. The van der Waals surface area contributed by atoms with Crippen LogP contribution in [0.15, 0.2) is 23.6 Å². The summed E-state index contributed by atoms with van der Waals surface area (Å²) in [5.74, 6) is 0.120. The van der Waals surface area contributed by atoms with Gasteiger partial charge in [-0.2, -0.15) is 0 Å². The van der Waals surface area contributed by atoms with Crippen molar-refractivity contribution in [2.45, 2.75) is 24.9 Å². The van der Waals surface area contributed by atoms with Crippen LogP contribution in [0.1, 0.15) is 24.1 Å². The lowest BCUT2D eigenvalue weighted by Crippen LogP contribution is -2.50. The van der Waals surface area contributed by atoms with Crippen molar-refractivity contribution >= 4 is 23.3 Å². The Bertz CT molecular complexity index is 529. The SMILES string of the molecule is CN1CCOC2(CCCN(C(=O)/C=C/c3cccs3)CC2)C1. The molecular weight excluding hydrogens is 296 g/mol. The van der Waals surface area contributed by atoms with Crippen LogP contribution in [-0.2, 0) is 9.53 Å². The van der Waals surface area contributed by atoms with Crippen molar-refractivity contribution in [3.8, 4) is 0 Å². The molecule has 1 aromatic rings. The summed E-state index contributed by atoms with van der Waals surface area (Å²) >= 11 is 1.65. The third-order valence-corrected chi connectivity index (χ3v) is 5.42. The van der Waals surface area contributed by atoms with Gasteiger partial charge < -0.3 is 14.5 Å². The van der Waals surface area contributed by atoms with Crippen molar-refractivity contribution in [3.63, 3.8) is 0 Å². The topological polar surface area (TPSA) is 32.8 Å². The number of carbonyl (C=O) groups is 1. The Morgan fingerprint density at radius 1 is 1.36 bits per heavy atom. The van der Waals surface area contributed by atoms with Crippen molar-refractivity contribution in [2.75, 3.05) is 39.8 Å². The van der Waals surface area contributed by atoms with Crippen molar-refractivity contribution < 1.29 is 9.53 Å². The second kappa shape index (κ2) is 6.94. The van der Waals surface area contributed by atoms with Crippen LogP contribution in [0.5, 0.6) is 0 Å². The molecule has 120 valence electrons. The standard InChI is InChI=1S/C17H24N2O2S/c1-18-11-12-21-17(14-18)7-3-9-19(10-8-17)16(20)6-5-15-4-2-13-22-15/h2,4-6,13H,3,7-12,14H2,1H3/b6-5+. The van der Waals surface area contributed by atoms with Crippen LogP contribution in [0.25, 0.3) is 6.08 Å². The van der Waals surface area contributed by atoms with Crippen LogP contribution in [-0.4, -0.2) is 61.1 Å². The maximum Gasteiger partial charge on any atom is 0.246 e. The Balaban J connectivity index is 1.59. The van der Waals surface area contributed by atoms with Gasteiger partial charge in [-0.3, -0.25) is 4.79 Å². The minimum absolute atomic E-state index is 0.0422. The number of carbonyl (C=O) groups excluding carboxylic acids is 1. The second-order valence-electron chi connectivity index (χ2n) is 6.30. The summed E-state index contributed by atoms with van der Waals surface area (Å²) in [5, 5.41) is 2.02. The van der Waals surface area contributed by atoms with Crippen LogP contribution in [0.3, 0.4) is 0 Å². The number of likely N-dealkylation sites (tertiary alicyclic amines) is 1. The molecule has 5 heteroatoms. The molecule has 4 nitrogen and oxygen atoms in total. The number of ether oxygens (including phenoxy) is 1. The van der Waals surface area contributed by atoms with Crippen LogP contribution < -0.4 is 0 Å². The summed E-state index contributed by atoms with van der Waals surface area (Å²) in [4.78, 5) is 17.8. The first-order chi connectivity index (χ1) is 10.7. The quantitative estimate of drug-likeness (QED) is 0.785. The molecule has 22 heavy (non-hydrogen) atoms. The molecule has 2 aliphatic rings. The van der Waals surface area contributed by atoms with Crippen LogP contribution in [0.4, 0.5) is 0 Å². The fourth-order valence-corrected chi connectivity index (χ4v) is 3.99. The van der Waals surface area contributed by atoms with Gasteiger partial charge in [-0.05, 0) is 43.8 Å². The normalized spacial score (nSPS) is 27.4. The molecule has 1 aromatic heterocycles. The van der Waals surface area contributed by atoms with E-state index < -0.39 is 0 Å². The number of thiophene rings is 1. The van der Waals surface area contributed by atoms with E-state index >= 15 is 0 Å². The minimum Gasteiger partial charge on any atom is -0.372 e. The smallest absolute Gasteiger partial charge is 0.246 e. The summed E-state index contributed by atoms with van der Waals surface area (Å²) < 4.78 is 6.11. The first kappa shape index (κ1) is 15.7. The number of amides is 1. The highest BCUT2D eigenvalue weighted by Gasteiger charge is 2.37. The Labute approximate surface area is 136 Å². The summed E-state index contributed by atoms with van der Waals surface area (Å²) in [6.07, 6.45) is 6.63. The van der Waals surface area contributed by atoms with E-state index in [-0.39, 0.29) is 11.5 Å². The van der Waals surface area contributed by atoms with Crippen LogP contribution in [0.2, 0.25) is 0 Å². The Morgan fingerprint density at radius 2 is 2.27 bits per heavy atom. The maximum atomic E-state index is 12.4. The third-order valence-electron chi connectivity index (χ3n) is 4.58. The molecule has 0 radical (unpaired) electrons. The molecule has 0 bridgehead atoms. The van der Waals surface area contributed by atoms with E-state index in [2.05, 4.69) is 11.9 Å². The third kappa shape index (κ3) is 3.77. The fraction of sp³-hybridized carbons (Fsp3) is 0.588. The predicted molar refractivity (Wildman–Crippen MR) is 90.0 cm³/mol. The van der Waals surface area contributed by atoms with Crippen molar-refractivity contribution in [2.24, 2.45) is 0 Å². The number of morpholine rings is 1. The monoisotopic (exact) mass is 320 g/mol. The van der Waals surface area contributed by atoms with Crippen molar-refractivity contribution in [1.29, 1.82) is 0 Å². The van der Waals surface area contributed by atoms with Crippen LogP contribution >= 0.6 is 11.3 Å². The molecule has 1 amide bonds. The first-order valence-electron chi connectivity index (χ1n) is 8.00. The van der Waals surface area contributed by atoms with Gasteiger partial charge in [0.05, 0.1) is 12.2 Å². The number of nitrogens with zero attached hydrogens (tertiary/aromatic N) is 2. The largest absolute Gasteiger partial charge is 0.372 e. The molecule has 1 spiro atoms. The summed E-state index contributed by atoms with van der Waals surface area (Å²) in [6, 6.07) is 4.03. The zero-order chi connectivity index (χ0) is 15.4. The lowest BCUT2D eigenvalue weighted by atomic mass is 9.93. The molecule has 0 aliphatic carbocycles. The van der Waals surface area contributed by atoms with Gasteiger partial charge in [-0.25, -0.2) is 0 Å². The molecule has 2 saturated heterocycles. The van der Waals surface area contributed by atoms with Gasteiger partial charge >= 0.3 is 0 Å². The molecule has 2 fully saturated rings. The second-order valence-corrected chi connectivity index (χ2v) is 7.28. The molecular formula is C17H24N2O2S. The van der Waals surface area contributed by atoms with Gasteiger partial charge in [0.1, 0.15) is 0 Å². The van der Waals surface area contributed by atoms with Gasteiger partial charge in [-0.15, -0.1) is 11.3 Å². The highest BCUT2D eigenvalue weighted by Crippen LogP contribution is 2.29. The number of hydrogen-bond donors (Lipinski definition) is 0. The summed E-state index contributed by atoms with van der Waals surface area (Å²) in [5.41, 5.74) is -0.0422. The Hall–Kier alpha value is -1.17. The van der Waals surface area contributed by atoms with Gasteiger partial charge in [0.15, 0.2) is 0 Å². The lowest BCUT2D eigenvalue weighted by molar-refractivity contribution is -0.127. The number of rotatable bonds is 2. The molecule has 3 heterocycles. The number of likely N-dealkylation sites (N-methyl/N-ethyl adjacent to an activating group) is 1. The van der Waals surface area contributed by atoms with Gasteiger partial charge in [0.25, 0.3) is 0 Å². The van der Waals surface area contributed by atoms with E-state index in [0.29, 0.717) is 0 Å². The minimum atomic E-state index is -0.0422. The van der Waals surface area contributed by atoms with E-state index in [1.807, 2.05) is 28.5 Å². The molecule has 1 atom stereocenters. The number of hydrogen-bond acceptors (Lipinski definition) is 4. The van der Waals surface area contributed by atoms with Gasteiger partial charge in [0, 0.05) is 37.1 Å². The predicted octanol–water partition coefficient (Wildman–Crippen LogP) is 2.47. The van der Waals surface area contributed by atoms with E-state index in [0.717, 1.165) is 56.9 Å². The maximum absolute atomic E-state index is 12.4. The van der Waals surface area contributed by atoms with Gasteiger partial charge in [0.2, 0.25) is 5.91 Å². The molecule has 0 aromatic carbocycles. The van der Waals surface area contributed by atoms with Crippen molar-refractivity contribution in [1.82, 2.24) is 9.80 Å². The molecule has 2 aliphatic heterocycles. The van der Waals surface area contributed by atoms with Gasteiger partial charge in [-0.1, -0.05) is 6.07 Å². The average molecular weight is 320 g/mol. The summed E-state index contributed by atoms with van der Waals surface area (Å²) in [7, 11) is 2.15. The molecule has 1 unspecified atom stereocenters. The zero-order valence-corrected chi connectivity index (χ0v) is 14.0.